The number of phenolic OH excluding ortho intramolecular Hbond substituents is 1. The van der Waals surface area contributed by atoms with Crippen LogP contribution in [0.4, 0.5) is 11.6 Å². The van der Waals surface area contributed by atoms with Crippen molar-refractivity contribution in [2.75, 3.05) is 11.1 Å². The number of benzene rings is 1. The van der Waals surface area contributed by atoms with Crippen molar-refractivity contribution in [3.63, 3.8) is 0 Å². The first-order valence-corrected chi connectivity index (χ1v) is 8.93. The molecule has 2 aromatic heterocycles. The molecule has 7 heteroatoms. The average Bonchev–Trinajstić information content (AvgIpc) is 3.31. The summed E-state index contributed by atoms with van der Waals surface area (Å²) in [7, 11) is 0. The van der Waals surface area contributed by atoms with Gasteiger partial charge in [0.1, 0.15) is 10.6 Å². The molecule has 1 fully saturated rings. The Morgan fingerprint density at radius 3 is 2.76 bits per heavy atom. The molecule has 0 spiro atoms. The molecule has 1 aromatic carbocycles. The predicted molar refractivity (Wildman–Crippen MR) is 100 cm³/mol. The molecule has 4 rings (SSSR count). The van der Waals surface area contributed by atoms with Crippen LogP contribution in [0.25, 0.3) is 21.5 Å². The molecule has 0 radical (unpaired) electrons. The summed E-state index contributed by atoms with van der Waals surface area (Å²) in [4.78, 5) is 22.2. The van der Waals surface area contributed by atoms with Gasteiger partial charge < -0.3 is 16.2 Å². The number of rotatable bonds is 4. The SMILES string of the molecule is CC(=O)c1sc2nc(NC3CC3)nc(-c3ccc(C)c(O)c3)c2c1N. The fourth-order valence-corrected chi connectivity index (χ4v) is 3.71. The van der Waals surface area contributed by atoms with Gasteiger partial charge in [-0.05, 0) is 31.4 Å². The number of aromatic nitrogens is 2. The predicted octanol–water partition coefficient (Wildman–Crippen LogP) is 3.73. The van der Waals surface area contributed by atoms with Crippen molar-refractivity contribution in [1.29, 1.82) is 0 Å². The molecule has 128 valence electrons. The number of nitrogen functional groups attached to an aromatic ring is 1. The average molecular weight is 354 g/mol. The van der Waals surface area contributed by atoms with E-state index in [0.717, 1.165) is 24.0 Å². The first-order chi connectivity index (χ1) is 11.9. The number of hydrogen-bond donors (Lipinski definition) is 3. The van der Waals surface area contributed by atoms with Gasteiger partial charge in [0.05, 0.1) is 21.6 Å². The van der Waals surface area contributed by atoms with Gasteiger partial charge in [-0.15, -0.1) is 11.3 Å². The number of nitrogens with zero attached hydrogens (tertiary/aromatic N) is 2. The fraction of sp³-hybridized carbons (Fsp3) is 0.278. The number of Topliss-reactive ketones (excluding diaryl/α,β-unsaturated/α-hetero) is 1. The summed E-state index contributed by atoms with van der Waals surface area (Å²) in [6.45, 7) is 3.33. The number of nitrogens with two attached hydrogens (primary N) is 1. The molecule has 1 aliphatic rings. The van der Waals surface area contributed by atoms with E-state index < -0.39 is 0 Å². The molecule has 6 nitrogen and oxygen atoms in total. The summed E-state index contributed by atoms with van der Waals surface area (Å²) in [5.74, 6) is 0.637. The third kappa shape index (κ3) is 2.80. The lowest BCUT2D eigenvalue weighted by Gasteiger charge is -2.09. The lowest BCUT2D eigenvalue weighted by molar-refractivity contribution is 0.102. The molecule has 1 aliphatic carbocycles. The number of fused-ring (bicyclic) bond motifs is 1. The smallest absolute Gasteiger partial charge is 0.224 e. The minimum atomic E-state index is -0.0881. The Morgan fingerprint density at radius 2 is 2.12 bits per heavy atom. The van der Waals surface area contributed by atoms with Crippen LogP contribution in [0.3, 0.4) is 0 Å². The van der Waals surface area contributed by atoms with Crippen LogP contribution < -0.4 is 11.1 Å². The van der Waals surface area contributed by atoms with Crippen molar-refractivity contribution in [3.8, 4) is 17.0 Å². The molecule has 0 amide bonds. The highest BCUT2D eigenvalue weighted by atomic mass is 32.1. The number of carbonyl (C=O) groups is 1. The normalized spacial score (nSPS) is 14.0. The molecule has 25 heavy (non-hydrogen) atoms. The highest BCUT2D eigenvalue weighted by Crippen LogP contribution is 2.40. The fourth-order valence-electron chi connectivity index (χ4n) is 2.72. The summed E-state index contributed by atoms with van der Waals surface area (Å²) >= 11 is 1.28. The lowest BCUT2D eigenvalue weighted by Crippen LogP contribution is -2.06. The van der Waals surface area contributed by atoms with E-state index in [4.69, 9.17) is 5.73 Å². The van der Waals surface area contributed by atoms with Gasteiger partial charge in [-0.25, -0.2) is 9.97 Å². The minimum absolute atomic E-state index is 0.0881. The third-order valence-corrected chi connectivity index (χ3v) is 5.50. The van der Waals surface area contributed by atoms with Crippen LogP contribution in [-0.4, -0.2) is 26.9 Å². The number of carbonyl (C=O) groups excluding carboxylic acids is 1. The highest BCUT2D eigenvalue weighted by Gasteiger charge is 2.25. The van der Waals surface area contributed by atoms with Gasteiger partial charge in [0.2, 0.25) is 5.95 Å². The van der Waals surface area contributed by atoms with Gasteiger partial charge in [-0.3, -0.25) is 4.79 Å². The van der Waals surface area contributed by atoms with E-state index in [1.165, 1.54) is 18.3 Å². The number of nitrogens with one attached hydrogen (secondary N) is 1. The molecule has 0 unspecified atom stereocenters. The molecule has 3 aromatic rings. The highest BCUT2D eigenvalue weighted by molar-refractivity contribution is 7.21. The number of hydrogen-bond acceptors (Lipinski definition) is 7. The minimum Gasteiger partial charge on any atom is -0.508 e. The number of phenols is 1. The number of ketones is 1. The summed E-state index contributed by atoms with van der Waals surface area (Å²) in [5, 5.41) is 14.0. The Kier molecular flexibility index (Phi) is 3.61. The molecule has 0 atom stereocenters. The van der Waals surface area contributed by atoms with Crippen LogP contribution in [0.1, 0.15) is 35.0 Å². The number of thiophene rings is 1. The second-order valence-electron chi connectivity index (χ2n) is 6.40. The van der Waals surface area contributed by atoms with Gasteiger partial charge in [0, 0.05) is 18.5 Å². The van der Waals surface area contributed by atoms with E-state index >= 15 is 0 Å². The van der Waals surface area contributed by atoms with Crippen LogP contribution in [0.15, 0.2) is 18.2 Å². The quantitative estimate of drug-likeness (QED) is 0.617. The van der Waals surface area contributed by atoms with E-state index in [-0.39, 0.29) is 11.5 Å². The van der Waals surface area contributed by atoms with Gasteiger partial charge >= 0.3 is 0 Å². The van der Waals surface area contributed by atoms with E-state index in [2.05, 4.69) is 15.3 Å². The van der Waals surface area contributed by atoms with Gasteiger partial charge in [0.25, 0.3) is 0 Å². The van der Waals surface area contributed by atoms with E-state index in [9.17, 15) is 9.90 Å². The van der Waals surface area contributed by atoms with Crippen LogP contribution in [0, 0.1) is 6.92 Å². The molecule has 0 aliphatic heterocycles. The maximum Gasteiger partial charge on any atom is 0.224 e. The largest absolute Gasteiger partial charge is 0.508 e. The number of anilines is 2. The van der Waals surface area contributed by atoms with Gasteiger partial charge in [-0.1, -0.05) is 12.1 Å². The molecule has 2 heterocycles. The van der Waals surface area contributed by atoms with Crippen molar-refractivity contribution in [3.05, 3.63) is 28.6 Å². The zero-order valence-corrected chi connectivity index (χ0v) is 14.8. The van der Waals surface area contributed by atoms with Crippen molar-refractivity contribution in [2.24, 2.45) is 0 Å². The number of aromatic hydroxyl groups is 1. The monoisotopic (exact) mass is 354 g/mol. The molecular weight excluding hydrogens is 336 g/mol. The van der Waals surface area contributed by atoms with E-state index in [1.807, 2.05) is 19.1 Å². The summed E-state index contributed by atoms with van der Waals surface area (Å²) in [6.07, 6.45) is 2.21. The standard InChI is InChI=1S/C18H18N4O2S/c1-8-3-4-10(7-12(8)24)15-13-14(19)16(9(2)23)25-17(13)22-18(21-15)20-11-5-6-11/h3-4,7,11,24H,5-6,19H2,1-2H3,(H,20,21,22). The molecule has 0 bridgehead atoms. The number of aryl methyl sites for hydroxylation is 1. The Balaban J connectivity index is 1.97. The van der Waals surface area contributed by atoms with Gasteiger partial charge in [-0.2, -0.15) is 0 Å². The maximum atomic E-state index is 11.9. The van der Waals surface area contributed by atoms with Crippen LogP contribution in [0.5, 0.6) is 5.75 Å². The molecular formula is C18H18N4O2S. The second kappa shape index (κ2) is 5.70. The first kappa shape index (κ1) is 15.8. The lowest BCUT2D eigenvalue weighted by atomic mass is 10.0. The Bertz CT molecular complexity index is 1010. The van der Waals surface area contributed by atoms with E-state index in [1.54, 1.807) is 6.07 Å². The van der Waals surface area contributed by atoms with Crippen molar-refractivity contribution < 1.29 is 9.90 Å². The zero-order valence-electron chi connectivity index (χ0n) is 14.0. The van der Waals surface area contributed by atoms with Crippen molar-refractivity contribution >= 4 is 39.0 Å². The van der Waals surface area contributed by atoms with Crippen molar-refractivity contribution in [1.82, 2.24) is 9.97 Å². The van der Waals surface area contributed by atoms with Gasteiger partial charge in [0.15, 0.2) is 5.78 Å². The Hall–Kier alpha value is -2.67. The topological polar surface area (TPSA) is 101 Å². The molecule has 1 saturated carbocycles. The Labute approximate surface area is 148 Å². The van der Waals surface area contributed by atoms with Crippen molar-refractivity contribution in [2.45, 2.75) is 32.7 Å². The molecule has 4 N–H and O–H groups in total. The summed E-state index contributed by atoms with van der Waals surface area (Å²) in [5.41, 5.74) is 8.80. The van der Waals surface area contributed by atoms with Crippen LogP contribution in [-0.2, 0) is 0 Å². The summed E-state index contributed by atoms with van der Waals surface area (Å²) < 4.78 is 0. The van der Waals surface area contributed by atoms with Crippen LogP contribution in [0.2, 0.25) is 0 Å². The first-order valence-electron chi connectivity index (χ1n) is 8.11. The summed E-state index contributed by atoms with van der Waals surface area (Å²) in [6, 6.07) is 5.80. The zero-order chi connectivity index (χ0) is 17.7. The second-order valence-corrected chi connectivity index (χ2v) is 7.40. The maximum absolute atomic E-state index is 11.9. The van der Waals surface area contributed by atoms with E-state index in [0.29, 0.717) is 38.5 Å². The van der Waals surface area contributed by atoms with Crippen LogP contribution >= 0.6 is 11.3 Å². The third-order valence-electron chi connectivity index (χ3n) is 4.30. The molecule has 0 saturated heterocycles. The Morgan fingerprint density at radius 1 is 1.36 bits per heavy atom.